The summed E-state index contributed by atoms with van der Waals surface area (Å²) < 4.78 is 5.36. The number of nitrogens with zero attached hydrogens (tertiary/aromatic N) is 7. The van der Waals surface area contributed by atoms with E-state index in [1.807, 2.05) is 29.3 Å². The standard InChI is InChI=1S/C27H35N9O2/c1-27(2)16-34(14-19-13-30-33-24(19)27)15-23-28-17-29-25(32-23)35-9-7-20(8-10-35)36-11-6-18-12-21(38-3)4-5-22(18)31-26(36)37/h4-5,12-13,17,20H,6-11,14-16H2,1-3H3,(H,30,33)(H,31,37). The highest BCUT2D eigenvalue weighted by Crippen LogP contribution is 2.32. The lowest BCUT2D eigenvalue weighted by molar-refractivity contribution is 0.176. The Morgan fingerprint density at radius 2 is 1.97 bits per heavy atom. The van der Waals surface area contributed by atoms with Gasteiger partial charge in [0, 0.05) is 61.1 Å². The van der Waals surface area contributed by atoms with E-state index in [4.69, 9.17) is 9.72 Å². The molecule has 1 aromatic carbocycles. The lowest BCUT2D eigenvalue weighted by Gasteiger charge is -2.38. The van der Waals surface area contributed by atoms with E-state index in [2.05, 4.69) is 49.1 Å². The van der Waals surface area contributed by atoms with Crippen LogP contribution in [0.1, 0.15) is 49.3 Å². The maximum atomic E-state index is 13.0. The Balaban J connectivity index is 1.07. The molecule has 0 spiro atoms. The van der Waals surface area contributed by atoms with Crippen LogP contribution < -0.4 is 15.0 Å². The van der Waals surface area contributed by atoms with Gasteiger partial charge in [0.2, 0.25) is 5.95 Å². The molecule has 5 heterocycles. The van der Waals surface area contributed by atoms with Crippen molar-refractivity contribution in [2.75, 3.05) is 43.5 Å². The van der Waals surface area contributed by atoms with Crippen LogP contribution in [0, 0.1) is 0 Å². The molecule has 38 heavy (non-hydrogen) atoms. The minimum atomic E-state index is -0.0277. The van der Waals surface area contributed by atoms with Gasteiger partial charge < -0.3 is 19.9 Å². The Kier molecular flexibility index (Phi) is 6.38. The quantitative estimate of drug-likeness (QED) is 0.531. The van der Waals surface area contributed by atoms with Crippen LogP contribution in [0.4, 0.5) is 16.4 Å². The highest BCUT2D eigenvalue weighted by atomic mass is 16.5. The number of rotatable bonds is 5. The lowest BCUT2D eigenvalue weighted by Crippen LogP contribution is -2.49. The molecule has 0 aliphatic carbocycles. The number of aromatic amines is 1. The van der Waals surface area contributed by atoms with Gasteiger partial charge in [-0.15, -0.1) is 0 Å². The molecule has 2 amide bonds. The number of nitrogens with one attached hydrogen (secondary N) is 2. The van der Waals surface area contributed by atoms with Crippen LogP contribution in [0.5, 0.6) is 5.75 Å². The minimum Gasteiger partial charge on any atom is -0.497 e. The summed E-state index contributed by atoms with van der Waals surface area (Å²) >= 11 is 0. The molecule has 3 aliphatic rings. The average Bonchev–Trinajstić information content (AvgIpc) is 3.33. The Hall–Kier alpha value is -3.73. The third-order valence-electron chi connectivity index (χ3n) is 8.01. The van der Waals surface area contributed by atoms with E-state index in [-0.39, 0.29) is 17.5 Å². The number of methoxy groups -OCH3 is 1. The first kappa shape index (κ1) is 24.6. The number of ether oxygens (including phenoxy) is 1. The summed E-state index contributed by atoms with van der Waals surface area (Å²) in [4.78, 5) is 33.4. The van der Waals surface area contributed by atoms with Gasteiger partial charge in [-0.3, -0.25) is 10.00 Å². The Labute approximate surface area is 222 Å². The summed E-state index contributed by atoms with van der Waals surface area (Å²) in [5.74, 6) is 2.31. The molecule has 11 heteroatoms. The molecule has 3 aromatic rings. The SMILES string of the molecule is COc1ccc2c(c1)CCN(C1CCN(c3ncnc(CN4Cc5cn[nH]c5C(C)(C)C4)n3)CC1)C(=O)N2. The summed E-state index contributed by atoms with van der Waals surface area (Å²) in [6, 6.07) is 5.98. The monoisotopic (exact) mass is 517 g/mol. The fourth-order valence-corrected chi connectivity index (χ4v) is 6.09. The molecular formula is C27H35N9O2. The second-order valence-corrected chi connectivity index (χ2v) is 11.1. The number of hydrogen-bond donors (Lipinski definition) is 2. The van der Waals surface area contributed by atoms with Gasteiger partial charge in [0.1, 0.15) is 17.9 Å². The molecule has 3 aliphatic heterocycles. The van der Waals surface area contributed by atoms with Crippen molar-refractivity contribution in [3.05, 3.63) is 53.4 Å². The van der Waals surface area contributed by atoms with Crippen molar-refractivity contribution in [3.63, 3.8) is 0 Å². The molecule has 1 saturated heterocycles. The van der Waals surface area contributed by atoms with Crippen LogP contribution in [-0.4, -0.2) is 80.3 Å². The summed E-state index contributed by atoms with van der Waals surface area (Å²) in [6.07, 6.45) is 6.09. The number of hydrogen-bond acceptors (Lipinski definition) is 8. The van der Waals surface area contributed by atoms with Crippen LogP contribution in [0.25, 0.3) is 0 Å². The van der Waals surface area contributed by atoms with E-state index in [9.17, 15) is 4.79 Å². The summed E-state index contributed by atoms with van der Waals surface area (Å²) in [5.41, 5.74) is 4.42. The number of benzene rings is 1. The van der Waals surface area contributed by atoms with Crippen LogP contribution in [0.15, 0.2) is 30.7 Å². The molecule has 6 rings (SSSR count). The summed E-state index contributed by atoms with van der Waals surface area (Å²) in [5, 5.41) is 10.5. The highest BCUT2D eigenvalue weighted by Gasteiger charge is 2.34. The van der Waals surface area contributed by atoms with Crippen molar-refractivity contribution in [2.24, 2.45) is 0 Å². The first-order valence-corrected chi connectivity index (χ1v) is 13.3. The van der Waals surface area contributed by atoms with Crippen LogP contribution in [0.3, 0.4) is 0 Å². The fraction of sp³-hybridized carbons (Fsp3) is 0.519. The zero-order chi connectivity index (χ0) is 26.3. The number of piperidine rings is 1. The Morgan fingerprint density at radius 3 is 2.79 bits per heavy atom. The first-order valence-electron chi connectivity index (χ1n) is 13.3. The molecule has 1 fully saturated rings. The predicted molar refractivity (Wildman–Crippen MR) is 143 cm³/mol. The normalized spacial score (nSPS) is 19.9. The number of carbonyl (C=O) groups is 1. The Morgan fingerprint density at radius 1 is 1.13 bits per heavy atom. The molecule has 0 bridgehead atoms. The average molecular weight is 518 g/mol. The lowest BCUT2D eigenvalue weighted by atomic mass is 9.83. The summed E-state index contributed by atoms with van der Waals surface area (Å²) in [6.45, 7) is 9.16. The number of carbonyl (C=O) groups excluding carboxylic acids is 1. The first-order chi connectivity index (χ1) is 18.4. The molecule has 11 nitrogen and oxygen atoms in total. The molecule has 2 aromatic heterocycles. The molecule has 0 radical (unpaired) electrons. The predicted octanol–water partition coefficient (Wildman–Crippen LogP) is 2.96. The number of anilines is 2. The van der Waals surface area contributed by atoms with Gasteiger partial charge in [-0.1, -0.05) is 13.8 Å². The number of amides is 2. The largest absolute Gasteiger partial charge is 0.497 e. The topological polar surface area (TPSA) is 115 Å². The molecule has 0 atom stereocenters. The smallest absolute Gasteiger partial charge is 0.322 e. The van der Waals surface area contributed by atoms with Crippen LogP contribution in [0.2, 0.25) is 0 Å². The van der Waals surface area contributed by atoms with E-state index in [1.54, 1.807) is 13.4 Å². The maximum absolute atomic E-state index is 13.0. The zero-order valence-corrected chi connectivity index (χ0v) is 22.3. The van der Waals surface area contributed by atoms with Crippen molar-refractivity contribution < 1.29 is 9.53 Å². The van der Waals surface area contributed by atoms with E-state index in [0.29, 0.717) is 19.0 Å². The molecule has 2 N–H and O–H groups in total. The van der Waals surface area contributed by atoms with Crippen molar-refractivity contribution >= 4 is 17.7 Å². The third kappa shape index (κ3) is 4.78. The van der Waals surface area contributed by atoms with Crippen molar-refractivity contribution in [3.8, 4) is 5.75 Å². The molecule has 200 valence electrons. The maximum Gasteiger partial charge on any atom is 0.322 e. The van der Waals surface area contributed by atoms with Gasteiger partial charge in [0.25, 0.3) is 0 Å². The number of aromatic nitrogens is 5. The van der Waals surface area contributed by atoms with Gasteiger partial charge in [0.15, 0.2) is 0 Å². The van der Waals surface area contributed by atoms with Gasteiger partial charge >= 0.3 is 6.03 Å². The number of H-pyrrole nitrogens is 1. The second kappa shape index (κ2) is 9.86. The molecular weight excluding hydrogens is 482 g/mol. The van der Waals surface area contributed by atoms with Crippen molar-refractivity contribution in [2.45, 2.75) is 57.7 Å². The highest BCUT2D eigenvalue weighted by molar-refractivity contribution is 5.91. The zero-order valence-electron chi connectivity index (χ0n) is 22.3. The molecule has 0 saturated carbocycles. The van der Waals surface area contributed by atoms with Gasteiger partial charge in [-0.2, -0.15) is 10.1 Å². The minimum absolute atomic E-state index is 0.00507. The van der Waals surface area contributed by atoms with Gasteiger partial charge in [0.05, 0.1) is 19.9 Å². The third-order valence-corrected chi connectivity index (χ3v) is 8.01. The Bertz CT molecular complexity index is 1320. The van der Waals surface area contributed by atoms with E-state index >= 15 is 0 Å². The van der Waals surface area contributed by atoms with Gasteiger partial charge in [-0.05, 0) is 43.0 Å². The fourth-order valence-electron chi connectivity index (χ4n) is 6.09. The number of fused-ring (bicyclic) bond motifs is 2. The molecule has 0 unspecified atom stereocenters. The van der Waals surface area contributed by atoms with E-state index in [0.717, 1.165) is 68.3 Å². The number of urea groups is 1. The van der Waals surface area contributed by atoms with E-state index < -0.39 is 0 Å². The van der Waals surface area contributed by atoms with E-state index in [1.165, 1.54) is 11.3 Å². The van der Waals surface area contributed by atoms with Crippen molar-refractivity contribution in [1.29, 1.82) is 0 Å². The van der Waals surface area contributed by atoms with Crippen molar-refractivity contribution in [1.82, 2.24) is 34.9 Å². The second-order valence-electron chi connectivity index (χ2n) is 11.1. The summed E-state index contributed by atoms with van der Waals surface area (Å²) in [7, 11) is 1.66. The van der Waals surface area contributed by atoms with Crippen LogP contribution in [-0.2, 0) is 24.9 Å². The van der Waals surface area contributed by atoms with Crippen LogP contribution >= 0.6 is 0 Å². The van der Waals surface area contributed by atoms with Gasteiger partial charge in [-0.25, -0.2) is 14.8 Å².